The molecule has 1 atom stereocenters. The predicted molar refractivity (Wildman–Crippen MR) is 114 cm³/mol. The molecule has 1 unspecified atom stereocenters. The number of nitrogens with zero attached hydrogens (tertiary/aromatic N) is 1. The van der Waals surface area contributed by atoms with Gasteiger partial charge in [0.1, 0.15) is 11.5 Å². The van der Waals surface area contributed by atoms with E-state index in [-0.39, 0.29) is 42.7 Å². The van der Waals surface area contributed by atoms with E-state index in [1.54, 1.807) is 6.08 Å². The summed E-state index contributed by atoms with van der Waals surface area (Å²) < 4.78 is 41.0. The molecule has 5 nitrogen and oxygen atoms in total. The molecule has 0 fully saturated rings. The van der Waals surface area contributed by atoms with E-state index in [0.29, 0.717) is 23.3 Å². The number of amides is 1. The van der Waals surface area contributed by atoms with E-state index >= 15 is 0 Å². The molecule has 170 valence electrons. The van der Waals surface area contributed by atoms with Gasteiger partial charge in [-0.15, -0.1) is 13.2 Å². The summed E-state index contributed by atoms with van der Waals surface area (Å²) in [4.78, 5) is 29.6. The number of benzene rings is 1. The number of hydrogen-bond acceptors (Lipinski definition) is 4. The Balaban J connectivity index is 1.73. The second kappa shape index (κ2) is 9.97. The van der Waals surface area contributed by atoms with E-state index in [4.69, 9.17) is 0 Å². The molecule has 8 heteroatoms. The number of ether oxygens (including phenoxy) is 1. The minimum Gasteiger partial charge on any atom is -0.406 e. The molecule has 0 bridgehead atoms. The molecule has 2 aromatic rings. The lowest BCUT2D eigenvalue weighted by Crippen LogP contribution is -2.28. The van der Waals surface area contributed by atoms with Crippen molar-refractivity contribution >= 4 is 17.3 Å². The number of ketones is 1. The van der Waals surface area contributed by atoms with Crippen molar-refractivity contribution in [1.29, 1.82) is 0 Å². The number of alkyl halides is 3. The van der Waals surface area contributed by atoms with Crippen LogP contribution in [0, 0.1) is 0 Å². The number of rotatable bonds is 7. The molecule has 1 N–H and O–H groups in total. The molecule has 1 aromatic heterocycles. The van der Waals surface area contributed by atoms with Gasteiger partial charge in [0.15, 0.2) is 0 Å². The number of hydrogen-bond donors (Lipinski definition) is 1. The van der Waals surface area contributed by atoms with Crippen LogP contribution in [0.2, 0.25) is 0 Å². The number of aryl methyl sites for hydroxylation is 1. The second-order valence-electron chi connectivity index (χ2n) is 7.63. The van der Waals surface area contributed by atoms with Crippen LogP contribution in [0.15, 0.2) is 42.5 Å². The maximum absolute atomic E-state index is 12.8. The molecule has 0 saturated heterocycles. The molecular weight excluding hydrogens is 421 g/mol. The van der Waals surface area contributed by atoms with E-state index in [9.17, 15) is 22.8 Å². The summed E-state index contributed by atoms with van der Waals surface area (Å²) in [6.07, 6.45) is -1.09. The molecule has 0 aliphatic heterocycles. The lowest BCUT2D eigenvalue weighted by molar-refractivity contribution is -0.274. The Hall–Kier alpha value is -3.16. The Morgan fingerprint density at radius 2 is 1.88 bits per heavy atom. The van der Waals surface area contributed by atoms with Gasteiger partial charge in [-0.1, -0.05) is 38.1 Å². The van der Waals surface area contributed by atoms with Crippen molar-refractivity contribution in [2.24, 2.45) is 0 Å². The molecule has 3 rings (SSSR count). The van der Waals surface area contributed by atoms with Crippen molar-refractivity contribution < 1.29 is 27.5 Å². The third-order valence-corrected chi connectivity index (χ3v) is 5.28. The smallest absolute Gasteiger partial charge is 0.406 e. The fourth-order valence-electron chi connectivity index (χ4n) is 3.66. The van der Waals surface area contributed by atoms with Crippen molar-refractivity contribution in [3.63, 3.8) is 0 Å². The zero-order valence-corrected chi connectivity index (χ0v) is 18.0. The van der Waals surface area contributed by atoms with Crippen LogP contribution >= 0.6 is 0 Å². The molecule has 32 heavy (non-hydrogen) atoms. The summed E-state index contributed by atoms with van der Waals surface area (Å²) in [7, 11) is 0. The zero-order valence-electron chi connectivity index (χ0n) is 18.0. The molecule has 0 saturated carbocycles. The van der Waals surface area contributed by atoms with Gasteiger partial charge in [0.25, 0.3) is 0 Å². The highest BCUT2D eigenvalue weighted by molar-refractivity contribution is 5.93. The first-order chi connectivity index (χ1) is 15.2. The van der Waals surface area contributed by atoms with Crippen LogP contribution in [0.5, 0.6) is 5.75 Å². The third-order valence-electron chi connectivity index (χ3n) is 5.28. The molecule has 1 aliphatic carbocycles. The van der Waals surface area contributed by atoms with Crippen molar-refractivity contribution in [2.45, 2.75) is 58.4 Å². The van der Waals surface area contributed by atoms with Crippen LogP contribution in [-0.4, -0.2) is 23.0 Å². The first-order valence-electron chi connectivity index (χ1n) is 10.5. The highest BCUT2D eigenvalue weighted by Crippen LogP contribution is 2.28. The molecule has 0 radical (unpaired) electrons. The minimum absolute atomic E-state index is 0.0617. The first-order valence-corrected chi connectivity index (χ1v) is 10.5. The van der Waals surface area contributed by atoms with Crippen LogP contribution in [0.4, 0.5) is 13.2 Å². The Labute approximate surface area is 184 Å². The number of halogens is 3. The van der Waals surface area contributed by atoms with E-state index in [1.807, 2.05) is 26.0 Å². The number of pyridine rings is 1. The summed E-state index contributed by atoms with van der Waals surface area (Å²) in [6.45, 7) is 3.86. The van der Waals surface area contributed by atoms with Gasteiger partial charge in [0, 0.05) is 18.5 Å². The van der Waals surface area contributed by atoms with Gasteiger partial charge in [-0.3, -0.25) is 14.6 Å². The van der Waals surface area contributed by atoms with Gasteiger partial charge in [-0.2, -0.15) is 0 Å². The monoisotopic (exact) mass is 446 g/mol. The first kappa shape index (κ1) is 23.5. The number of Topliss-reactive ketones (excluding diaryl/α,β-unsaturated/α-hetero) is 1. The van der Waals surface area contributed by atoms with Crippen molar-refractivity contribution in [1.82, 2.24) is 10.3 Å². The van der Waals surface area contributed by atoms with Crippen molar-refractivity contribution in [3.8, 4) is 5.75 Å². The van der Waals surface area contributed by atoms with Crippen LogP contribution in [0.25, 0.3) is 5.57 Å². The number of allylic oxidation sites excluding steroid dienone is 1. The Bertz CT molecular complexity index is 1010. The Morgan fingerprint density at radius 1 is 1.16 bits per heavy atom. The molecular formula is C24H25F3N2O3. The quantitative estimate of drug-likeness (QED) is 0.643. The molecule has 0 spiro atoms. The number of carbonyl (C=O) groups is 2. The van der Waals surface area contributed by atoms with Gasteiger partial charge in [0.2, 0.25) is 5.91 Å². The summed E-state index contributed by atoms with van der Waals surface area (Å²) in [5, 5.41) is 2.93. The SMILES string of the molecule is CCc1ccc2c(n1)C(CC(=O)NC(CC)c1ccc(OC(F)(F)F)cc1)=CCC(=O)C2. The average molecular weight is 446 g/mol. The number of nitrogens with one attached hydrogen (secondary N) is 1. The maximum atomic E-state index is 12.8. The van der Waals surface area contributed by atoms with Crippen LogP contribution in [0.3, 0.4) is 0 Å². The maximum Gasteiger partial charge on any atom is 0.573 e. The summed E-state index contributed by atoms with van der Waals surface area (Å²) in [5.41, 5.74) is 3.77. The summed E-state index contributed by atoms with van der Waals surface area (Å²) in [5.74, 6) is -0.492. The normalized spacial score (nSPS) is 14.8. The number of aromatic nitrogens is 1. The molecule has 1 aromatic carbocycles. The molecule has 1 heterocycles. The van der Waals surface area contributed by atoms with E-state index in [2.05, 4.69) is 15.0 Å². The Morgan fingerprint density at radius 3 is 2.50 bits per heavy atom. The lowest BCUT2D eigenvalue weighted by Gasteiger charge is -2.19. The van der Waals surface area contributed by atoms with E-state index in [0.717, 1.165) is 17.7 Å². The van der Waals surface area contributed by atoms with Crippen molar-refractivity contribution in [2.75, 3.05) is 0 Å². The fraction of sp³-hybridized carbons (Fsp3) is 0.375. The van der Waals surface area contributed by atoms with Gasteiger partial charge < -0.3 is 10.1 Å². The highest BCUT2D eigenvalue weighted by Gasteiger charge is 2.31. The van der Waals surface area contributed by atoms with Crippen LogP contribution in [-0.2, 0) is 22.4 Å². The van der Waals surface area contributed by atoms with Crippen LogP contribution < -0.4 is 10.1 Å². The third kappa shape index (κ3) is 6.18. The molecule has 1 amide bonds. The Kier molecular flexibility index (Phi) is 7.33. The second-order valence-corrected chi connectivity index (χ2v) is 7.63. The zero-order chi connectivity index (χ0) is 23.3. The van der Waals surface area contributed by atoms with Gasteiger partial charge in [-0.25, -0.2) is 0 Å². The molecule has 1 aliphatic rings. The summed E-state index contributed by atoms with van der Waals surface area (Å²) >= 11 is 0. The van der Waals surface area contributed by atoms with E-state index < -0.39 is 6.36 Å². The minimum atomic E-state index is -4.75. The topological polar surface area (TPSA) is 68.3 Å². The lowest BCUT2D eigenvalue weighted by atomic mass is 10.0. The predicted octanol–water partition coefficient (Wildman–Crippen LogP) is 5.10. The van der Waals surface area contributed by atoms with Crippen molar-refractivity contribution in [3.05, 3.63) is 65.0 Å². The van der Waals surface area contributed by atoms with Gasteiger partial charge in [0.05, 0.1) is 18.2 Å². The van der Waals surface area contributed by atoms with Crippen LogP contribution in [0.1, 0.15) is 61.7 Å². The number of fused-ring (bicyclic) bond motifs is 1. The number of carbonyl (C=O) groups excluding carboxylic acids is 2. The standard InChI is InChI=1S/C24H25F3N2O3/c1-3-18-9-5-16-13-19(30)10-6-17(23(16)28-18)14-22(31)29-21(4-2)15-7-11-20(12-8-15)32-24(25,26)27/h5-9,11-12,21H,3-4,10,13-14H2,1-2H3,(H,29,31). The highest BCUT2D eigenvalue weighted by atomic mass is 19.4. The van der Waals surface area contributed by atoms with E-state index in [1.165, 1.54) is 24.3 Å². The van der Waals surface area contributed by atoms with Gasteiger partial charge in [-0.05, 0) is 47.7 Å². The van der Waals surface area contributed by atoms with Gasteiger partial charge >= 0.3 is 6.36 Å². The fourth-order valence-corrected chi connectivity index (χ4v) is 3.66. The largest absolute Gasteiger partial charge is 0.573 e. The average Bonchev–Trinajstić information content (AvgIpc) is 2.89. The summed E-state index contributed by atoms with van der Waals surface area (Å²) in [6, 6.07) is 8.88.